The average molecular weight is 415 g/mol. The molecule has 0 aliphatic carbocycles. The minimum Gasteiger partial charge on any atom is -0.495 e. The standard InChI is InChI=1S/C18H20ClFN2O4S/c1-4-22(5-2)27(24,25)17-10-12(6-8-15(17)20)18(23)21-13-7-9-16(26-3)14(19)11-13/h6-11H,4-5H2,1-3H3,(H,21,23). The van der Waals surface area contributed by atoms with Gasteiger partial charge in [-0.2, -0.15) is 4.31 Å². The van der Waals surface area contributed by atoms with Gasteiger partial charge in [-0.25, -0.2) is 12.8 Å². The Morgan fingerprint density at radius 2 is 1.85 bits per heavy atom. The quantitative estimate of drug-likeness (QED) is 0.748. The van der Waals surface area contributed by atoms with E-state index < -0.39 is 26.6 Å². The lowest BCUT2D eigenvalue weighted by Crippen LogP contribution is -2.31. The van der Waals surface area contributed by atoms with Gasteiger partial charge in [-0.3, -0.25) is 4.79 Å². The molecule has 0 spiro atoms. The number of nitrogens with one attached hydrogen (secondary N) is 1. The Bertz CT molecular complexity index is 946. The Kier molecular flexibility index (Phi) is 6.80. The molecule has 0 saturated heterocycles. The zero-order chi connectivity index (χ0) is 20.2. The van der Waals surface area contributed by atoms with E-state index in [1.807, 2.05) is 0 Å². The molecule has 2 rings (SSSR count). The van der Waals surface area contributed by atoms with Crippen LogP contribution in [0.15, 0.2) is 41.3 Å². The molecule has 27 heavy (non-hydrogen) atoms. The summed E-state index contributed by atoms with van der Waals surface area (Å²) < 4.78 is 45.5. The summed E-state index contributed by atoms with van der Waals surface area (Å²) in [6.45, 7) is 3.70. The van der Waals surface area contributed by atoms with Crippen molar-refractivity contribution in [3.8, 4) is 5.75 Å². The summed E-state index contributed by atoms with van der Waals surface area (Å²) in [4.78, 5) is 11.9. The van der Waals surface area contributed by atoms with E-state index in [0.717, 1.165) is 16.4 Å². The highest BCUT2D eigenvalue weighted by Gasteiger charge is 2.26. The number of benzene rings is 2. The van der Waals surface area contributed by atoms with Gasteiger partial charge in [-0.15, -0.1) is 0 Å². The van der Waals surface area contributed by atoms with Crippen molar-refractivity contribution >= 4 is 33.2 Å². The third kappa shape index (κ3) is 4.58. The molecule has 0 bridgehead atoms. The van der Waals surface area contributed by atoms with E-state index in [1.54, 1.807) is 26.0 Å². The van der Waals surface area contributed by atoms with Crippen LogP contribution in [-0.4, -0.2) is 38.8 Å². The second-order valence-corrected chi connectivity index (χ2v) is 7.85. The van der Waals surface area contributed by atoms with Crippen molar-refractivity contribution in [2.75, 3.05) is 25.5 Å². The fourth-order valence-electron chi connectivity index (χ4n) is 2.49. The Morgan fingerprint density at radius 1 is 1.19 bits per heavy atom. The van der Waals surface area contributed by atoms with Gasteiger partial charge < -0.3 is 10.1 Å². The monoisotopic (exact) mass is 414 g/mol. The van der Waals surface area contributed by atoms with Crippen LogP contribution in [0.1, 0.15) is 24.2 Å². The first-order valence-electron chi connectivity index (χ1n) is 8.19. The van der Waals surface area contributed by atoms with Gasteiger partial charge in [0.25, 0.3) is 5.91 Å². The van der Waals surface area contributed by atoms with E-state index in [9.17, 15) is 17.6 Å². The second kappa shape index (κ2) is 8.69. The predicted molar refractivity (Wildman–Crippen MR) is 102 cm³/mol. The number of anilines is 1. The summed E-state index contributed by atoms with van der Waals surface area (Å²) in [5, 5.41) is 2.90. The number of ether oxygens (including phenoxy) is 1. The third-order valence-corrected chi connectivity index (χ3v) is 6.29. The number of hydrogen-bond donors (Lipinski definition) is 1. The normalized spacial score (nSPS) is 11.5. The van der Waals surface area contributed by atoms with Crippen LogP contribution in [0, 0.1) is 5.82 Å². The van der Waals surface area contributed by atoms with Gasteiger partial charge in [0.15, 0.2) is 0 Å². The highest BCUT2D eigenvalue weighted by Crippen LogP contribution is 2.28. The fourth-order valence-corrected chi connectivity index (χ4v) is 4.30. The van der Waals surface area contributed by atoms with E-state index in [4.69, 9.17) is 16.3 Å². The molecular formula is C18H20ClFN2O4S. The number of methoxy groups -OCH3 is 1. The van der Waals surface area contributed by atoms with Gasteiger partial charge >= 0.3 is 0 Å². The fraction of sp³-hybridized carbons (Fsp3) is 0.278. The number of hydrogen-bond acceptors (Lipinski definition) is 4. The molecule has 0 aromatic heterocycles. The zero-order valence-corrected chi connectivity index (χ0v) is 16.7. The molecule has 1 amide bonds. The zero-order valence-electron chi connectivity index (χ0n) is 15.1. The summed E-state index contributed by atoms with van der Waals surface area (Å²) in [5.74, 6) is -1.05. The molecule has 9 heteroatoms. The lowest BCUT2D eigenvalue weighted by molar-refractivity contribution is 0.102. The highest BCUT2D eigenvalue weighted by atomic mass is 35.5. The molecule has 0 fully saturated rings. The van der Waals surface area contributed by atoms with Crippen LogP contribution in [0.2, 0.25) is 5.02 Å². The van der Waals surface area contributed by atoms with E-state index in [2.05, 4.69) is 5.32 Å². The maximum absolute atomic E-state index is 14.2. The first-order chi connectivity index (χ1) is 12.7. The average Bonchev–Trinajstić information content (AvgIpc) is 2.62. The maximum atomic E-state index is 14.2. The summed E-state index contributed by atoms with van der Waals surface area (Å²) >= 11 is 6.02. The van der Waals surface area contributed by atoms with Crippen molar-refractivity contribution < 1.29 is 22.3 Å². The summed E-state index contributed by atoms with van der Waals surface area (Å²) in [5.41, 5.74) is 0.400. The van der Waals surface area contributed by atoms with Crippen LogP contribution in [0.3, 0.4) is 0 Å². The van der Waals surface area contributed by atoms with Gasteiger partial charge in [0, 0.05) is 24.3 Å². The van der Waals surface area contributed by atoms with Gasteiger partial charge in [-0.1, -0.05) is 25.4 Å². The largest absolute Gasteiger partial charge is 0.495 e. The number of carbonyl (C=O) groups is 1. The van der Waals surface area contributed by atoms with Crippen LogP contribution in [-0.2, 0) is 10.0 Å². The molecule has 0 atom stereocenters. The maximum Gasteiger partial charge on any atom is 0.255 e. The molecule has 0 heterocycles. The van der Waals surface area contributed by atoms with E-state index in [0.29, 0.717) is 16.5 Å². The molecule has 0 unspecified atom stereocenters. The van der Waals surface area contributed by atoms with E-state index in [-0.39, 0.29) is 18.7 Å². The van der Waals surface area contributed by atoms with Gasteiger partial charge in [-0.05, 0) is 36.4 Å². The number of rotatable bonds is 7. The van der Waals surface area contributed by atoms with Crippen molar-refractivity contribution in [1.29, 1.82) is 0 Å². The lowest BCUT2D eigenvalue weighted by atomic mass is 10.2. The number of amides is 1. The molecule has 0 saturated carbocycles. The summed E-state index contributed by atoms with van der Waals surface area (Å²) in [6.07, 6.45) is 0. The molecule has 0 aliphatic rings. The van der Waals surface area contributed by atoms with Gasteiger partial charge in [0.2, 0.25) is 10.0 Å². The minimum absolute atomic E-state index is 0.00840. The van der Waals surface area contributed by atoms with Crippen LogP contribution in [0.5, 0.6) is 5.75 Å². The van der Waals surface area contributed by atoms with E-state index in [1.165, 1.54) is 19.2 Å². The third-order valence-electron chi connectivity index (χ3n) is 3.93. The van der Waals surface area contributed by atoms with Gasteiger partial charge in [0.1, 0.15) is 16.5 Å². The lowest BCUT2D eigenvalue weighted by Gasteiger charge is -2.19. The molecule has 1 N–H and O–H groups in total. The Morgan fingerprint density at radius 3 is 2.41 bits per heavy atom. The van der Waals surface area contributed by atoms with Crippen LogP contribution >= 0.6 is 11.6 Å². The molecule has 0 aliphatic heterocycles. The topological polar surface area (TPSA) is 75.7 Å². The summed E-state index contributed by atoms with van der Waals surface area (Å²) in [6, 6.07) is 7.88. The van der Waals surface area contributed by atoms with Crippen molar-refractivity contribution in [1.82, 2.24) is 4.31 Å². The van der Waals surface area contributed by atoms with E-state index >= 15 is 0 Å². The van der Waals surface area contributed by atoms with Gasteiger partial charge in [0.05, 0.1) is 12.1 Å². The number of halogens is 2. The van der Waals surface area contributed by atoms with Crippen LogP contribution < -0.4 is 10.1 Å². The Hall–Kier alpha value is -2.16. The highest BCUT2D eigenvalue weighted by molar-refractivity contribution is 7.89. The first-order valence-corrected chi connectivity index (χ1v) is 10.0. The van der Waals surface area contributed by atoms with Crippen molar-refractivity contribution in [3.63, 3.8) is 0 Å². The molecule has 2 aromatic carbocycles. The van der Waals surface area contributed by atoms with Crippen molar-refractivity contribution in [3.05, 3.63) is 52.8 Å². The molecular weight excluding hydrogens is 395 g/mol. The van der Waals surface area contributed by atoms with Crippen LogP contribution in [0.25, 0.3) is 0 Å². The molecule has 2 aromatic rings. The van der Waals surface area contributed by atoms with Crippen LogP contribution in [0.4, 0.5) is 10.1 Å². The van der Waals surface area contributed by atoms with Crippen molar-refractivity contribution in [2.45, 2.75) is 18.7 Å². The molecule has 0 radical (unpaired) electrons. The van der Waals surface area contributed by atoms with Crippen molar-refractivity contribution in [2.24, 2.45) is 0 Å². The molecule has 146 valence electrons. The summed E-state index contributed by atoms with van der Waals surface area (Å²) in [7, 11) is -2.57. The number of nitrogens with zero attached hydrogens (tertiary/aromatic N) is 1. The number of sulfonamides is 1. The SMILES string of the molecule is CCN(CC)S(=O)(=O)c1cc(C(=O)Nc2ccc(OC)c(Cl)c2)ccc1F. The predicted octanol–water partition coefficient (Wildman–Crippen LogP) is 3.77. The first kappa shape index (κ1) is 21.1. The second-order valence-electron chi connectivity index (χ2n) is 5.54. The smallest absolute Gasteiger partial charge is 0.255 e. The minimum atomic E-state index is -4.04. The molecule has 6 nitrogen and oxygen atoms in total. The number of carbonyl (C=O) groups excluding carboxylic acids is 1. The Labute approximate surface area is 162 Å². The Balaban J connectivity index is 2.34.